The Bertz CT molecular complexity index is 1550. The zero-order valence-corrected chi connectivity index (χ0v) is 32.6. The maximum absolute atomic E-state index is 15.5. The number of rotatable bonds is 20. The number of ether oxygens (including phenoxy) is 1. The molecule has 0 aliphatic rings. The quantitative estimate of drug-likeness (QED) is 0.131. The first-order valence-corrected chi connectivity index (χ1v) is 18.4. The van der Waals surface area contributed by atoms with E-state index in [2.05, 4.69) is 26.6 Å². The van der Waals surface area contributed by atoms with E-state index in [1.165, 1.54) is 0 Å². The number of alkyl carbamates (subject to hydrolysis) is 1. The van der Waals surface area contributed by atoms with Gasteiger partial charge in [-0.05, 0) is 56.6 Å². The summed E-state index contributed by atoms with van der Waals surface area (Å²) in [5.74, 6) is -9.41. The highest BCUT2D eigenvalue weighted by Gasteiger charge is 2.45. The van der Waals surface area contributed by atoms with Gasteiger partial charge < -0.3 is 31.3 Å². The van der Waals surface area contributed by atoms with Gasteiger partial charge in [0.1, 0.15) is 23.7 Å². The van der Waals surface area contributed by atoms with Gasteiger partial charge in [-0.3, -0.25) is 24.0 Å². The SMILES string of the molecule is CCC[C@H](NC(=O)[C@H](Cc1ccccc1)NC(=O)OC(C)(C)C)C(=O)N[C@@H](CC(C)C)C(=O)C(F)(F)CNC(=O)[C@H](NC(=O)Cc1ccccc1)C(C)C. The minimum absolute atomic E-state index is 0.0179. The minimum Gasteiger partial charge on any atom is -0.444 e. The highest BCUT2D eigenvalue weighted by atomic mass is 19.3. The monoisotopic (exact) mass is 757 g/mol. The van der Waals surface area contributed by atoms with Crippen LogP contribution < -0.4 is 26.6 Å². The zero-order chi connectivity index (χ0) is 40.6. The van der Waals surface area contributed by atoms with E-state index in [-0.39, 0.29) is 31.6 Å². The minimum atomic E-state index is -4.10. The topological polar surface area (TPSA) is 172 Å². The first-order valence-electron chi connectivity index (χ1n) is 18.4. The fourth-order valence-electron chi connectivity index (χ4n) is 5.50. The van der Waals surface area contributed by atoms with Gasteiger partial charge in [0.25, 0.3) is 0 Å². The van der Waals surface area contributed by atoms with Gasteiger partial charge in [-0.25, -0.2) is 4.79 Å². The maximum Gasteiger partial charge on any atom is 0.408 e. The van der Waals surface area contributed by atoms with Gasteiger partial charge in [0, 0.05) is 6.42 Å². The van der Waals surface area contributed by atoms with Gasteiger partial charge in [-0.2, -0.15) is 8.78 Å². The predicted molar refractivity (Wildman–Crippen MR) is 201 cm³/mol. The molecule has 0 saturated carbocycles. The number of hydrogen-bond donors (Lipinski definition) is 5. The number of hydrogen-bond acceptors (Lipinski definition) is 7. The second-order valence-corrected chi connectivity index (χ2v) is 15.2. The van der Waals surface area contributed by atoms with Crippen LogP contribution in [-0.4, -0.2) is 77.7 Å². The van der Waals surface area contributed by atoms with Gasteiger partial charge in [0.15, 0.2) is 0 Å². The summed E-state index contributed by atoms with van der Waals surface area (Å²) in [6.45, 7) is 12.1. The lowest BCUT2D eigenvalue weighted by atomic mass is 9.95. The Morgan fingerprint density at radius 2 is 1.24 bits per heavy atom. The van der Waals surface area contributed by atoms with Crippen LogP contribution in [0.5, 0.6) is 0 Å². The normalized spacial score (nSPS) is 13.9. The van der Waals surface area contributed by atoms with E-state index in [1.54, 1.807) is 116 Å². The maximum atomic E-state index is 15.5. The van der Waals surface area contributed by atoms with E-state index < -0.39 is 83.7 Å². The second kappa shape index (κ2) is 21.1. The Morgan fingerprint density at radius 1 is 0.704 bits per heavy atom. The van der Waals surface area contributed by atoms with Crippen molar-refractivity contribution in [2.45, 2.75) is 123 Å². The predicted octanol–water partition coefficient (Wildman–Crippen LogP) is 4.64. The summed E-state index contributed by atoms with van der Waals surface area (Å²) in [6.07, 6.45) is -0.443. The van der Waals surface area contributed by atoms with Crippen LogP contribution >= 0.6 is 0 Å². The number of carbonyl (C=O) groups is 6. The molecule has 0 unspecified atom stereocenters. The molecule has 5 N–H and O–H groups in total. The first kappa shape index (κ1) is 45.3. The molecular weight excluding hydrogens is 700 g/mol. The van der Waals surface area contributed by atoms with Gasteiger partial charge >= 0.3 is 12.0 Å². The first-order chi connectivity index (χ1) is 25.2. The van der Waals surface area contributed by atoms with Crippen LogP contribution in [-0.2, 0) is 41.6 Å². The van der Waals surface area contributed by atoms with E-state index in [9.17, 15) is 28.8 Å². The molecule has 0 bridgehead atoms. The van der Waals surface area contributed by atoms with E-state index in [0.717, 1.165) is 5.56 Å². The third kappa shape index (κ3) is 16.0. The highest BCUT2D eigenvalue weighted by molar-refractivity contribution is 5.97. The van der Waals surface area contributed by atoms with Crippen molar-refractivity contribution in [3.8, 4) is 0 Å². The van der Waals surface area contributed by atoms with Crippen LogP contribution in [0.3, 0.4) is 0 Å². The van der Waals surface area contributed by atoms with Gasteiger partial charge in [-0.15, -0.1) is 0 Å². The average Bonchev–Trinajstić information content (AvgIpc) is 3.08. The van der Waals surface area contributed by atoms with Crippen LogP contribution in [0.15, 0.2) is 60.7 Å². The molecule has 54 heavy (non-hydrogen) atoms. The van der Waals surface area contributed by atoms with E-state index in [4.69, 9.17) is 4.74 Å². The van der Waals surface area contributed by atoms with E-state index in [1.807, 2.05) is 0 Å². The number of Topliss-reactive ketones (excluding diaryl/α,β-unsaturated/α-hetero) is 1. The highest BCUT2D eigenvalue weighted by Crippen LogP contribution is 2.20. The molecule has 298 valence electrons. The van der Waals surface area contributed by atoms with Crippen LogP contribution in [0.2, 0.25) is 0 Å². The Morgan fingerprint density at radius 3 is 1.76 bits per heavy atom. The molecule has 14 heteroatoms. The van der Waals surface area contributed by atoms with Gasteiger partial charge in [0.05, 0.1) is 19.0 Å². The van der Waals surface area contributed by atoms with Crippen LogP contribution in [0.4, 0.5) is 13.6 Å². The Hall–Kier alpha value is -4.88. The largest absolute Gasteiger partial charge is 0.444 e. The van der Waals surface area contributed by atoms with Crippen molar-refractivity contribution < 1.29 is 42.3 Å². The molecule has 0 saturated heterocycles. The Kier molecular flexibility index (Phi) is 17.7. The third-order valence-electron chi connectivity index (χ3n) is 8.16. The molecule has 5 amide bonds. The van der Waals surface area contributed by atoms with Gasteiger partial charge in [-0.1, -0.05) is 102 Å². The molecule has 0 aliphatic heterocycles. The number of amides is 5. The van der Waals surface area contributed by atoms with Crippen molar-refractivity contribution in [2.75, 3.05) is 6.54 Å². The average molecular weight is 758 g/mol. The van der Waals surface area contributed by atoms with Gasteiger partial charge in [0.2, 0.25) is 29.4 Å². The molecule has 0 aromatic heterocycles. The standard InChI is InChI=1S/C40H57F2N5O7/c1-9-16-29(44-36(51)31(22-27-17-12-10-13-18-27)46-38(53)54-39(6,7)8)35(50)45-30(21-25(2)3)34(49)40(41,42)24-43-37(52)33(26(4)5)47-32(48)23-28-19-14-11-15-20-28/h10-15,17-20,25-26,29-31,33H,9,16,21-24H2,1-8H3,(H,43,52)(H,44,51)(H,45,50)(H,46,53)(H,47,48)/t29-,30-,31-,33+/m0/s1. The number of halogens is 2. The fraction of sp³-hybridized carbons (Fsp3) is 0.550. The molecule has 0 heterocycles. The molecule has 2 aromatic carbocycles. The molecule has 12 nitrogen and oxygen atoms in total. The number of nitrogens with one attached hydrogen (secondary N) is 5. The van der Waals surface area contributed by atoms with Crippen molar-refractivity contribution in [3.63, 3.8) is 0 Å². The summed E-state index contributed by atoms with van der Waals surface area (Å²) in [6, 6.07) is 12.5. The smallest absolute Gasteiger partial charge is 0.408 e. The number of alkyl halides is 2. The Labute approximate surface area is 317 Å². The van der Waals surface area contributed by atoms with E-state index >= 15 is 8.78 Å². The van der Waals surface area contributed by atoms with Crippen LogP contribution in [0.25, 0.3) is 0 Å². The summed E-state index contributed by atoms with van der Waals surface area (Å²) in [7, 11) is 0. The van der Waals surface area contributed by atoms with E-state index in [0.29, 0.717) is 12.0 Å². The summed E-state index contributed by atoms with van der Waals surface area (Å²) < 4.78 is 36.4. The summed E-state index contributed by atoms with van der Waals surface area (Å²) in [5, 5.41) is 12.3. The van der Waals surface area contributed by atoms with Crippen molar-refractivity contribution in [2.24, 2.45) is 11.8 Å². The molecule has 2 rings (SSSR count). The molecule has 2 aromatic rings. The zero-order valence-electron chi connectivity index (χ0n) is 32.6. The fourth-order valence-corrected chi connectivity index (χ4v) is 5.50. The second-order valence-electron chi connectivity index (χ2n) is 15.2. The number of carbonyl (C=O) groups excluding carboxylic acids is 6. The molecule has 0 aliphatic carbocycles. The number of benzene rings is 2. The van der Waals surface area contributed by atoms with Crippen LogP contribution in [0.1, 0.15) is 85.8 Å². The molecular formula is C40H57F2N5O7. The molecule has 0 fully saturated rings. The summed E-state index contributed by atoms with van der Waals surface area (Å²) in [4.78, 5) is 78.9. The lowest BCUT2D eigenvalue weighted by Gasteiger charge is -2.28. The van der Waals surface area contributed by atoms with Crippen molar-refractivity contribution >= 4 is 35.5 Å². The lowest BCUT2D eigenvalue weighted by Crippen LogP contribution is -2.59. The third-order valence-corrected chi connectivity index (χ3v) is 8.16. The summed E-state index contributed by atoms with van der Waals surface area (Å²) in [5.41, 5.74) is 0.579. The molecule has 0 radical (unpaired) electrons. The Balaban J connectivity index is 2.18. The van der Waals surface area contributed by atoms with Crippen molar-refractivity contribution in [3.05, 3.63) is 71.8 Å². The van der Waals surface area contributed by atoms with Crippen molar-refractivity contribution in [1.29, 1.82) is 0 Å². The molecule has 4 atom stereocenters. The molecule has 0 spiro atoms. The van der Waals surface area contributed by atoms with Crippen molar-refractivity contribution in [1.82, 2.24) is 26.6 Å². The van der Waals surface area contributed by atoms with Crippen LogP contribution in [0, 0.1) is 11.8 Å². The lowest BCUT2D eigenvalue weighted by molar-refractivity contribution is -0.148. The number of ketones is 1. The summed E-state index contributed by atoms with van der Waals surface area (Å²) >= 11 is 0.